The van der Waals surface area contributed by atoms with Crippen molar-refractivity contribution < 1.29 is 22.7 Å². The van der Waals surface area contributed by atoms with Crippen LogP contribution in [0.5, 0.6) is 0 Å². The van der Waals surface area contributed by atoms with Crippen molar-refractivity contribution in [1.29, 1.82) is 0 Å². The minimum absolute atomic E-state index is 0.0401. The van der Waals surface area contributed by atoms with Crippen LogP contribution < -0.4 is 0 Å². The Bertz CT molecular complexity index is 675. The van der Waals surface area contributed by atoms with Crippen LogP contribution in [0.3, 0.4) is 0 Å². The molecule has 0 aliphatic rings. The van der Waals surface area contributed by atoms with Crippen molar-refractivity contribution in [3.63, 3.8) is 0 Å². The quantitative estimate of drug-likeness (QED) is 0.710. The Labute approximate surface area is 132 Å². The molecule has 21 heavy (non-hydrogen) atoms. The molecule has 1 heterocycles. The van der Waals surface area contributed by atoms with Crippen LogP contribution in [0, 0.1) is 0 Å². The molecule has 0 aliphatic carbocycles. The fourth-order valence-electron chi connectivity index (χ4n) is 1.60. The lowest BCUT2D eigenvalue weighted by Gasteiger charge is -2.00. The molecule has 0 saturated carbocycles. The molecule has 0 fully saturated rings. The van der Waals surface area contributed by atoms with E-state index in [4.69, 9.17) is 16.0 Å². The van der Waals surface area contributed by atoms with Gasteiger partial charge in [0.05, 0.1) is 12.2 Å². The monoisotopic (exact) mass is 379 g/mol. The lowest BCUT2D eigenvalue weighted by molar-refractivity contribution is 0.0476. The van der Waals surface area contributed by atoms with Gasteiger partial charge in [-0.05, 0) is 41.1 Å². The van der Waals surface area contributed by atoms with Crippen LogP contribution in [0.2, 0.25) is 5.02 Å². The first kappa shape index (κ1) is 15.9. The molecule has 0 amide bonds. The topological polar surface area (TPSA) is 52.3 Å². The van der Waals surface area contributed by atoms with Crippen molar-refractivity contribution in [3.8, 4) is 11.5 Å². The number of halogens is 4. The molecular weight excluding hydrogens is 372 g/mol. The highest BCUT2D eigenvalue weighted by Gasteiger charge is 2.28. The zero-order valence-electron chi connectivity index (χ0n) is 10.7. The molecule has 2 aromatic rings. The SMILES string of the molecule is CCOC(=O)c1oc(-c2cc(Cl)ccc2Br)nc1C(F)F. The summed E-state index contributed by atoms with van der Waals surface area (Å²) in [5.41, 5.74) is -0.393. The number of aromatic nitrogens is 1. The van der Waals surface area contributed by atoms with E-state index in [9.17, 15) is 13.6 Å². The molecule has 0 bridgehead atoms. The number of alkyl halides is 2. The van der Waals surface area contributed by atoms with E-state index in [-0.39, 0.29) is 12.5 Å². The number of carbonyl (C=O) groups excluding carboxylic acids is 1. The second kappa shape index (κ2) is 6.53. The molecule has 0 spiro atoms. The van der Waals surface area contributed by atoms with Crippen molar-refractivity contribution in [3.05, 3.63) is 39.1 Å². The molecule has 2 rings (SSSR count). The summed E-state index contributed by atoms with van der Waals surface area (Å²) in [5, 5.41) is 0.377. The van der Waals surface area contributed by atoms with Crippen LogP contribution in [0.4, 0.5) is 8.78 Å². The predicted molar refractivity (Wildman–Crippen MR) is 75.6 cm³/mol. The molecule has 0 saturated heterocycles. The van der Waals surface area contributed by atoms with Gasteiger partial charge in [-0.15, -0.1) is 0 Å². The number of carbonyl (C=O) groups is 1. The predicted octanol–water partition coefficient (Wildman–Crippen LogP) is 4.87. The minimum atomic E-state index is -2.96. The number of rotatable bonds is 4. The molecular formula is C13H9BrClF2NO3. The van der Waals surface area contributed by atoms with Crippen LogP contribution >= 0.6 is 27.5 Å². The van der Waals surface area contributed by atoms with Gasteiger partial charge in [-0.1, -0.05) is 11.6 Å². The van der Waals surface area contributed by atoms with Crippen molar-refractivity contribution in [2.45, 2.75) is 13.3 Å². The van der Waals surface area contributed by atoms with Gasteiger partial charge in [0.25, 0.3) is 6.43 Å². The third-order valence-electron chi connectivity index (χ3n) is 2.48. The van der Waals surface area contributed by atoms with E-state index in [1.807, 2.05) is 0 Å². The molecule has 0 radical (unpaired) electrons. The average molecular weight is 381 g/mol. The maximum absolute atomic E-state index is 13.0. The van der Waals surface area contributed by atoms with E-state index in [1.54, 1.807) is 19.1 Å². The molecule has 112 valence electrons. The van der Waals surface area contributed by atoms with E-state index in [0.29, 0.717) is 15.1 Å². The lowest BCUT2D eigenvalue weighted by atomic mass is 10.2. The van der Waals surface area contributed by atoms with Crippen molar-refractivity contribution in [1.82, 2.24) is 4.98 Å². The van der Waals surface area contributed by atoms with Crippen LogP contribution in [-0.4, -0.2) is 17.6 Å². The van der Waals surface area contributed by atoms with Gasteiger partial charge in [-0.25, -0.2) is 18.6 Å². The summed E-state index contributed by atoms with van der Waals surface area (Å²) in [6.07, 6.45) is -2.96. The zero-order chi connectivity index (χ0) is 15.6. The molecule has 0 unspecified atom stereocenters. The van der Waals surface area contributed by atoms with Crippen LogP contribution in [0.1, 0.15) is 29.6 Å². The third-order valence-corrected chi connectivity index (χ3v) is 3.41. The Morgan fingerprint density at radius 1 is 1.52 bits per heavy atom. The number of ether oxygens (including phenoxy) is 1. The molecule has 0 aliphatic heterocycles. The fraction of sp³-hybridized carbons (Fsp3) is 0.231. The summed E-state index contributed by atoms with van der Waals surface area (Å²) < 4.78 is 36.3. The largest absolute Gasteiger partial charge is 0.460 e. The van der Waals surface area contributed by atoms with Crippen LogP contribution in [0.15, 0.2) is 27.1 Å². The lowest BCUT2D eigenvalue weighted by Crippen LogP contribution is -2.06. The van der Waals surface area contributed by atoms with Gasteiger partial charge in [0.2, 0.25) is 11.7 Å². The van der Waals surface area contributed by atoms with Crippen molar-refractivity contribution >= 4 is 33.5 Å². The smallest absolute Gasteiger partial charge is 0.376 e. The summed E-state index contributed by atoms with van der Waals surface area (Å²) >= 11 is 9.10. The Morgan fingerprint density at radius 3 is 2.86 bits per heavy atom. The standard InChI is InChI=1S/C13H9BrClF2NO3/c1-2-20-13(19)10-9(11(16)17)18-12(21-10)7-5-6(15)3-4-8(7)14/h3-5,11H,2H2,1H3. The molecule has 8 heteroatoms. The maximum Gasteiger partial charge on any atom is 0.376 e. The summed E-state index contributed by atoms with van der Waals surface area (Å²) in [6, 6.07) is 4.72. The van der Waals surface area contributed by atoms with Crippen LogP contribution in [0.25, 0.3) is 11.5 Å². The van der Waals surface area contributed by atoms with Crippen molar-refractivity contribution in [2.75, 3.05) is 6.61 Å². The molecule has 4 nitrogen and oxygen atoms in total. The first-order valence-corrected chi connectivity index (χ1v) is 7.02. The van der Waals surface area contributed by atoms with Crippen molar-refractivity contribution in [2.24, 2.45) is 0 Å². The van der Waals surface area contributed by atoms with Gasteiger partial charge in [0.1, 0.15) is 0 Å². The molecule has 1 aromatic heterocycles. The number of nitrogens with zero attached hydrogens (tertiary/aromatic N) is 1. The number of esters is 1. The first-order chi connectivity index (χ1) is 9.93. The highest BCUT2D eigenvalue weighted by atomic mass is 79.9. The Hall–Kier alpha value is -1.47. The zero-order valence-corrected chi connectivity index (χ0v) is 13.0. The van der Waals surface area contributed by atoms with E-state index >= 15 is 0 Å². The normalized spacial score (nSPS) is 11.0. The van der Waals surface area contributed by atoms with E-state index in [0.717, 1.165) is 0 Å². The summed E-state index contributed by atoms with van der Waals surface area (Å²) in [5.74, 6) is -1.72. The second-order valence-corrected chi connectivity index (χ2v) is 5.17. The van der Waals surface area contributed by atoms with Gasteiger partial charge in [0.15, 0.2) is 5.69 Å². The molecule has 0 N–H and O–H groups in total. The Morgan fingerprint density at radius 2 is 2.24 bits per heavy atom. The highest BCUT2D eigenvalue weighted by Crippen LogP contribution is 2.34. The maximum atomic E-state index is 13.0. The Kier molecular flexibility index (Phi) is 4.95. The molecule has 1 aromatic carbocycles. The van der Waals surface area contributed by atoms with Crippen LogP contribution in [-0.2, 0) is 4.74 Å². The van der Waals surface area contributed by atoms with Gasteiger partial charge >= 0.3 is 5.97 Å². The number of oxazole rings is 1. The highest BCUT2D eigenvalue weighted by molar-refractivity contribution is 9.10. The van der Waals surface area contributed by atoms with Gasteiger partial charge in [-0.3, -0.25) is 0 Å². The summed E-state index contributed by atoms with van der Waals surface area (Å²) in [6.45, 7) is 1.60. The second-order valence-electron chi connectivity index (χ2n) is 3.88. The number of hydrogen-bond acceptors (Lipinski definition) is 4. The fourth-order valence-corrected chi connectivity index (χ4v) is 2.19. The third kappa shape index (κ3) is 3.41. The molecule has 0 atom stereocenters. The minimum Gasteiger partial charge on any atom is -0.460 e. The van der Waals surface area contributed by atoms with Gasteiger partial charge < -0.3 is 9.15 Å². The van der Waals surface area contributed by atoms with E-state index < -0.39 is 23.8 Å². The summed E-state index contributed by atoms with van der Waals surface area (Å²) in [7, 11) is 0. The van der Waals surface area contributed by atoms with E-state index in [1.165, 1.54) is 6.07 Å². The average Bonchev–Trinajstić information content (AvgIpc) is 2.87. The summed E-state index contributed by atoms with van der Waals surface area (Å²) in [4.78, 5) is 15.3. The Balaban J connectivity index is 2.53. The number of hydrogen-bond donors (Lipinski definition) is 0. The van der Waals surface area contributed by atoms with Gasteiger partial charge in [0, 0.05) is 9.50 Å². The number of benzene rings is 1. The first-order valence-electron chi connectivity index (χ1n) is 5.85. The van der Waals surface area contributed by atoms with E-state index in [2.05, 4.69) is 25.7 Å². The van der Waals surface area contributed by atoms with Gasteiger partial charge in [-0.2, -0.15) is 0 Å².